The predicted octanol–water partition coefficient (Wildman–Crippen LogP) is 0.928. The molecule has 12 heteroatoms. The number of piperazine rings is 1. The molecule has 2 N–H and O–H groups in total. The van der Waals surface area contributed by atoms with E-state index in [2.05, 4.69) is 15.2 Å². The molecule has 0 aromatic carbocycles. The molecular formula is C29H43N5O7. The molecule has 1 aliphatic carbocycles. The third-order valence-corrected chi connectivity index (χ3v) is 8.56. The lowest BCUT2D eigenvalue weighted by atomic mass is 9.85. The molecule has 0 spiro atoms. The monoisotopic (exact) mass is 573 g/mol. The average Bonchev–Trinajstić information content (AvgIpc) is 3.30. The first-order valence-corrected chi connectivity index (χ1v) is 14.7. The van der Waals surface area contributed by atoms with Crippen molar-refractivity contribution < 1.29 is 33.8 Å². The molecule has 3 fully saturated rings. The van der Waals surface area contributed by atoms with Gasteiger partial charge in [0.1, 0.15) is 0 Å². The zero-order valence-corrected chi connectivity index (χ0v) is 23.9. The van der Waals surface area contributed by atoms with Crippen LogP contribution in [0.4, 0.5) is 0 Å². The maximum atomic E-state index is 12.8. The lowest BCUT2D eigenvalue weighted by Crippen LogP contribution is -2.52. The zero-order valence-electron chi connectivity index (χ0n) is 23.9. The SMILES string of the molecule is CN1C(=O)C[C@H](C(=O)NCCOCCOCCC(=O)N2CCN(C3CCC(C(=O)O)CC3)CC2)[C@H]1c1cccnc1. The van der Waals surface area contributed by atoms with Crippen molar-refractivity contribution in [1.82, 2.24) is 25.0 Å². The van der Waals surface area contributed by atoms with E-state index in [-0.39, 0.29) is 36.1 Å². The van der Waals surface area contributed by atoms with E-state index in [1.54, 1.807) is 30.4 Å². The summed E-state index contributed by atoms with van der Waals surface area (Å²) in [7, 11) is 1.71. The standard InChI is InChI=1S/C29H43N5O7/c1-32-26(36)19-24(27(32)22-3-2-9-30-20-22)28(37)31-10-16-41-18-17-40-15-8-25(35)34-13-11-33(12-14-34)23-6-4-21(5-7-23)29(38)39/h2-3,9,20-21,23-24,27H,4-8,10-19H2,1H3,(H,31,37)(H,38,39)/t21?,23?,24-,27+/m0/s1. The first-order chi connectivity index (χ1) is 19.8. The lowest BCUT2D eigenvalue weighted by molar-refractivity contribution is -0.143. The summed E-state index contributed by atoms with van der Waals surface area (Å²) in [5.41, 5.74) is 0.840. The molecule has 1 aromatic rings. The van der Waals surface area contributed by atoms with Crippen molar-refractivity contribution in [2.24, 2.45) is 11.8 Å². The van der Waals surface area contributed by atoms with Crippen LogP contribution in [0, 0.1) is 11.8 Å². The van der Waals surface area contributed by atoms with Crippen molar-refractivity contribution in [1.29, 1.82) is 0 Å². The van der Waals surface area contributed by atoms with Crippen LogP contribution < -0.4 is 5.32 Å². The van der Waals surface area contributed by atoms with E-state index in [1.165, 1.54) is 0 Å². The number of carbonyl (C=O) groups excluding carboxylic acids is 3. The molecule has 1 aromatic heterocycles. The van der Waals surface area contributed by atoms with E-state index >= 15 is 0 Å². The highest BCUT2D eigenvalue weighted by atomic mass is 16.5. The Hall–Kier alpha value is -3.09. The van der Waals surface area contributed by atoms with Gasteiger partial charge in [-0.25, -0.2) is 0 Å². The molecule has 0 unspecified atom stereocenters. The summed E-state index contributed by atoms with van der Waals surface area (Å²) < 4.78 is 11.1. The molecule has 2 saturated heterocycles. The Labute approximate surface area is 241 Å². The van der Waals surface area contributed by atoms with Gasteiger partial charge in [0.25, 0.3) is 0 Å². The minimum Gasteiger partial charge on any atom is -0.481 e. The minimum absolute atomic E-state index is 0.0650. The fourth-order valence-corrected chi connectivity index (χ4v) is 6.15. The quantitative estimate of drug-likeness (QED) is 0.330. The van der Waals surface area contributed by atoms with Gasteiger partial charge in [-0.2, -0.15) is 0 Å². The van der Waals surface area contributed by atoms with Crippen molar-refractivity contribution >= 4 is 23.7 Å². The molecular weight excluding hydrogens is 530 g/mol. The maximum Gasteiger partial charge on any atom is 0.306 e. The van der Waals surface area contributed by atoms with Crippen LogP contribution in [0.2, 0.25) is 0 Å². The molecule has 4 rings (SSSR count). The van der Waals surface area contributed by atoms with Gasteiger partial charge in [0.2, 0.25) is 17.7 Å². The van der Waals surface area contributed by atoms with Crippen LogP contribution in [0.5, 0.6) is 0 Å². The average molecular weight is 574 g/mol. The number of nitrogens with one attached hydrogen (secondary N) is 1. The van der Waals surface area contributed by atoms with Crippen LogP contribution in [-0.2, 0) is 28.7 Å². The van der Waals surface area contributed by atoms with Gasteiger partial charge in [-0.1, -0.05) is 6.07 Å². The van der Waals surface area contributed by atoms with Crippen molar-refractivity contribution in [3.05, 3.63) is 30.1 Å². The highest BCUT2D eigenvalue weighted by molar-refractivity contribution is 5.90. The van der Waals surface area contributed by atoms with Crippen LogP contribution in [0.1, 0.15) is 50.1 Å². The molecule has 41 heavy (non-hydrogen) atoms. The van der Waals surface area contributed by atoms with E-state index in [0.717, 1.165) is 44.3 Å². The van der Waals surface area contributed by atoms with E-state index in [9.17, 15) is 24.3 Å². The molecule has 0 radical (unpaired) electrons. The number of carboxylic acids is 1. The molecule has 0 bridgehead atoms. The third-order valence-electron chi connectivity index (χ3n) is 8.56. The first-order valence-electron chi connectivity index (χ1n) is 14.7. The van der Waals surface area contributed by atoms with Crippen molar-refractivity contribution in [2.45, 2.75) is 50.6 Å². The molecule has 226 valence electrons. The van der Waals surface area contributed by atoms with Crippen molar-refractivity contribution in [2.75, 3.05) is 66.2 Å². The largest absolute Gasteiger partial charge is 0.481 e. The summed E-state index contributed by atoms with van der Waals surface area (Å²) in [6.45, 7) is 4.76. The first kappa shape index (κ1) is 30.9. The number of carboxylic acid groups (broad SMARTS) is 1. The Bertz CT molecular complexity index is 1030. The fraction of sp³-hybridized carbons (Fsp3) is 0.690. The summed E-state index contributed by atoms with van der Waals surface area (Å²) in [6.07, 6.45) is 7.15. The number of rotatable bonds is 13. The number of pyridine rings is 1. The van der Waals surface area contributed by atoms with Crippen LogP contribution in [-0.4, -0.2) is 121 Å². The van der Waals surface area contributed by atoms with E-state index in [4.69, 9.17) is 9.47 Å². The van der Waals surface area contributed by atoms with Crippen LogP contribution >= 0.6 is 0 Å². The van der Waals surface area contributed by atoms with Crippen LogP contribution in [0.25, 0.3) is 0 Å². The van der Waals surface area contributed by atoms with Gasteiger partial charge in [-0.05, 0) is 37.3 Å². The number of carbonyl (C=O) groups is 4. The summed E-state index contributed by atoms with van der Waals surface area (Å²) in [4.78, 5) is 58.8. The highest BCUT2D eigenvalue weighted by Gasteiger charge is 2.42. The van der Waals surface area contributed by atoms with Gasteiger partial charge in [0.05, 0.1) is 50.7 Å². The van der Waals surface area contributed by atoms with Gasteiger partial charge in [-0.15, -0.1) is 0 Å². The van der Waals surface area contributed by atoms with Gasteiger partial charge in [-0.3, -0.25) is 29.1 Å². The number of ether oxygens (including phenoxy) is 2. The molecule has 2 aliphatic heterocycles. The highest BCUT2D eigenvalue weighted by Crippen LogP contribution is 2.36. The lowest BCUT2D eigenvalue weighted by Gasteiger charge is -2.41. The number of nitrogens with zero attached hydrogens (tertiary/aromatic N) is 4. The number of aliphatic carboxylic acids is 1. The number of hydrogen-bond donors (Lipinski definition) is 2. The molecule has 2 atom stereocenters. The summed E-state index contributed by atoms with van der Waals surface area (Å²) in [5.74, 6) is -1.52. The second-order valence-electron chi connectivity index (χ2n) is 11.1. The second-order valence-corrected chi connectivity index (χ2v) is 11.1. The minimum atomic E-state index is -0.681. The Morgan fingerprint density at radius 3 is 2.39 bits per heavy atom. The van der Waals surface area contributed by atoms with E-state index in [0.29, 0.717) is 58.5 Å². The Morgan fingerprint density at radius 2 is 1.73 bits per heavy atom. The maximum absolute atomic E-state index is 12.8. The van der Waals surface area contributed by atoms with E-state index in [1.807, 2.05) is 11.0 Å². The number of amides is 3. The van der Waals surface area contributed by atoms with Crippen LogP contribution in [0.15, 0.2) is 24.5 Å². The summed E-state index contributed by atoms with van der Waals surface area (Å²) in [5, 5.41) is 12.1. The van der Waals surface area contributed by atoms with Gasteiger partial charge in [0.15, 0.2) is 0 Å². The Balaban J connectivity index is 1.02. The summed E-state index contributed by atoms with van der Waals surface area (Å²) >= 11 is 0. The topological polar surface area (TPSA) is 142 Å². The van der Waals surface area contributed by atoms with Crippen molar-refractivity contribution in [3.63, 3.8) is 0 Å². The molecule has 12 nitrogen and oxygen atoms in total. The third kappa shape index (κ3) is 8.46. The van der Waals surface area contributed by atoms with Gasteiger partial charge in [0, 0.05) is 64.6 Å². The molecule has 3 heterocycles. The molecule has 1 saturated carbocycles. The number of hydrogen-bond acceptors (Lipinski definition) is 8. The van der Waals surface area contributed by atoms with Gasteiger partial charge >= 0.3 is 5.97 Å². The Morgan fingerprint density at radius 1 is 1.02 bits per heavy atom. The summed E-state index contributed by atoms with van der Waals surface area (Å²) in [6, 6.07) is 3.77. The smallest absolute Gasteiger partial charge is 0.306 e. The normalized spacial score (nSPS) is 25.3. The molecule has 3 amide bonds. The predicted molar refractivity (Wildman–Crippen MR) is 149 cm³/mol. The zero-order chi connectivity index (χ0) is 29.2. The van der Waals surface area contributed by atoms with E-state index < -0.39 is 11.9 Å². The second kappa shape index (κ2) is 15.2. The van der Waals surface area contributed by atoms with Gasteiger partial charge < -0.3 is 29.7 Å². The molecule has 3 aliphatic rings. The van der Waals surface area contributed by atoms with Crippen LogP contribution in [0.3, 0.4) is 0 Å². The fourth-order valence-electron chi connectivity index (χ4n) is 6.15. The Kier molecular flexibility index (Phi) is 11.5. The number of likely N-dealkylation sites (tertiary alicyclic amines) is 1. The van der Waals surface area contributed by atoms with Crippen molar-refractivity contribution in [3.8, 4) is 0 Å². The number of aromatic nitrogens is 1.